The minimum absolute atomic E-state index is 0.0544. The molecule has 3 heterocycles. The van der Waals surface area contributed by atoms with E-state index in [9.17, 15) is 9.90 Å². The van der Waals surface area contributed by atoms with E-state index in [1.54, 1.807) is 41.4 Å². The van der Waals surface area contributed by atoms with Gasteiger partial charge < -0.3 is 20.9 Å². The number of rotatable bonds is 8. The first-order valence-electron chi connectivity index (χ1n) is 15.8. The monoisotopic (exact) mass is 701 g/mol. The van der Waals surface area contributed by atoms with Gasteiger partial charge in [0.1, 0.15) is 23.4 Å². The van der Waals surface area contributed by atoms with Crippen LogP contribution in [0.5, 0.6) is 5.75 Å². The van der Waals surface area contributed by atoms with Crippen LogP contribution in [-0.2, 0) is 6.54 Å². The van der Waals surface area contributed by atoms with Gasteiger partial charge in [-0.25, -0.2) is 9.79 Å². The van der Waals surface area contributed by atoms with Crippen molar-refractivity contribution in [3.8, 4) is 17.1 Å². The lowest BCUT2D eigenvalue weighted by atomic mass is 9.85. The van der Waals surface area contributed by atoms with Crippen LogP contribution >= 0.6 is 23.2 Å². The summed E-state index contributed by atoms with van der Waals surface area (Å²) in [5, 5.41) is 29.0. The maximum atomic E-state index is 13.4. The number of ether oxygens (including phenoxy) is 1. The Morgan fingerprint density at radius 2 is 1.82 bits per heavy atom. The largest absolute Gasteiger partial charge is 0.484 e. The number of carbonyl (C=O) groups excluding carboxylic acids is 1. The van der Waals surface area contributed by atoms with Crippen molar-refractivity contribution < 1.29 is 14.6 Å². The molecule has 0 spiro atoms. The van der Waals surface area contributed by atoms with Crippen molar-refractivity contribution in [1.29, 1.82) is 0 Å². The normalized spacial score (nSPS) is 16.8. The number of nitrogens with two attached hydrogens (primary N) is 1. The molecule has 0 aliphatic heterocycles. The van der Waals surface area contributed by atoms with Gasteiger partial charge in [0.15, 0.2) is 11.5 Å². The van der Waals surface area contributed by atoms with Gasteiger partial charge in [-0.1, -0.05) is 74.3 Å². The van der Waals surface area contributed by atoms with Crippen molar-refractivity contribution in [2.45, 2.75) is 52.3 Å². The van der Waals surface area contributed by atoms with Gasteiger partial charge in [0, 0.05) is 17.2 Å². The number of amides is 2. The number of aliphatic hydroxyl groups excluding tert-OH is 1. The van der Waals surface area contributed by atoms with Gasteiger partial charge >= 0.3 is 6.03 Å². The van der Waals surface area contributed by atoms with E-state index >= 15 is 0 Å². The Morgan fingerprint density at radius 1 is 1.06 bits per heavy atom. The summed E-state index contributed by atoms with van der Waals surface area (Å²) in [5.41, 5.74) is 10.2. The van der Waals surface area contributed by atoms with Crippen LogP contribution in [0.4, 0.5) is 10.5 Å². The molecule has 6 rings (SSSR count). The van der Waals surface area contributed by atoms with E-state index in [1.165, 1.54) is 0 Å². The predicted octanol–water partition coefficient (Wildman–Crippen LogP) is 6.77. The number of amidine groups is 1. The summed E-state index contributed by atoms with van der Waals surface area (Å²) in [6, 6.07) is 16.2. The number of nitrogens with zero attached hydrogens (tertiary/aromatic N) is 6. The highest BCUT2D eigenvalue weighted by Crippen LogP contribution is 2.39. The molecule has 254 valence electrons. The number of pyridine rings is 1. The second kappa shape index (κ2) is 14.3. The number of hydrogen-bond acceptors (Lipinski definition) is 8. The average Bonchev–Trinajstić information content (AvgIpc) is 3.68. The van der Waals surface area contributed by atoms with Crippen LogP contribution in [0.25, 0.3) is 17.0 Å². The zero-order chi connectivity index (χ0) is 34.7. The van der Waals surface area contributed by atoms with Gasteiger partial charge in [0.2, 0.25) is 0 Å². The average molecular weight is 703 g/mol. The molecule has 5 N–H and O–H groups in total. The van der Waals surface area contributed by atoms with Crippen molar-refractivity contribution in [1.82, 2.24) is 35.0 Å². The number of carbonyl (C=O) groups is 1. The minimum atomic E-state index is -0.428. The lowest BCUT2D eigenvalue weighted by Gasteiger charge is -2.32. The van der Waals surface area contributed by atoms with Gasteiger partial charge in [-0.15, -0.1) is 10.2 Å². The third-order valence-corrected chi connectivity index (χ3v) is 8.81. The highest BCUT2D eigenvalue weighted by molar-refractivity contribution is 6.39. The fraction of sp³-hybridized carbons (Fsp3) is 0.286. The lowest BCUT2D eigenvalue weighted by molar-refractivity contribution is 0.171. The molecule has 2 atom stereocenters. The number of allylic oxidation sites excluding steroid dienone is 1. The van der Waals surface area contributed by atoms with Gasteiger partial charge in [0.05, 0.1) is 53.4 Å². The van der Waals surface area contributed by atoms with Crippen molar-refractivity contribution in [2.24, 2.45) is 16.1 Å². The van der Waals surface area contributed by atoms with Crippen LogP contribution in [0, 0.1) is 5.41 Å². The van der Waals surface area contributed by atoms with Crippen LogP contribution in [0.15, 0.2) is 90.0 Å². The van der Waals surface area contributed by atoms with E-state index in [4.69, 9.17) is 33.7 Å². The maximum absolute atomic E-state index is 13.4. The maximum Gasteiger partial charge on any atom is 0.320 e. The number of aromatic nitrogens is 5. The Balaban J connectivity index is 1.21. The van der Waals surface area contributed by atoms with Crippen molar-refractivity contribution >= 4 is 46.4 Å². The smallest absolute Gasteiger partial charge is 0.320 e. The summed E-state index contributed by atoms with van der Waals surface area (Å²) in [7, 11) is 0. The minimum Gasteiger partial charge on any atom is -0.484 e. The summed E-state index contributed by atoms with van der Waals surface area (Å²) in [6.07, 6.45) is 7.73. The first kappa shape index (κ1) is 34.0. The summed E-state index contributed by atoms with van der Waals surface area (Å²) in [6.45, 7) is 6.21. The quantitative estimate of drug-likeness (QED) is 0.103. The van der Waals surface area contributed by atoms with E-state index in [0.29, 0.717) is 63.6 Å². The Labute approximate surface area is 293 Å². The molecule has 14 heteroatoms. The number of urea groups is 1. The summed E-state index contributed by atoms with van der Waals surface area (Å²) in [4.78, 5) is 18.0. The van der Waals surface area contributed by atoms with Crippen molar-refractivity contribution in [3.63, 3.8) is 0 Å². The fourth-order valence-electron chi connectivity index (χ4n) is 5.55. The van der Waals surface area contributed by atoms with Gasteiger partial charge in [-0.05, 0) is 48.2 Å². The molecule has 2 amide bonds. The zero-order valence-electron chi connectivity index (χ0n) is 27.3. The molecule has 0 bridgehead atoms. The van der Waals surface area contributed by atoms with E-state index in [0.717, 1.165) is 11.1 Å². The number of halogens is 2. The fourth-order valence-corrected chi connectivity index (χ4v) is 6.12. The molecule has 0 saturated carbocycles. The van der Waals surface area contributed by atoms with Crippen molar-refractivity contribution in [3.05, 3.63) is 106 Å². The topological polar surface area (TPSA) is 157 Å². The Kier molecular flexibility index (Phi) is 9.91. The summed E-state index contributed by atoms with van der Waals surface area (Å²) >= 11 is 13.0. The molecule has 2 aromatic carbocycles. The first-order chi connectivity index (χ1) is 23.5. The summed E-state index contributed by atoms with van der Waals surface area (Å²) < 4.78 is 9.94. The first-order valence-corrected chi connectivity index (χ1v) is 16.6. The Bertz CT molecular complexity index is 2030. The number of benzene rings is 2. The molecule has 12 nitrogen and oxygen atoms in total. The molecule has 1 unspecified atom stereocenters. The molecule has 0 fully saturated rings. The predicted molar refractivity (Wildman–Crippen MR) is 190 cm³/mol. The van der Waals surface area contributed by atoms with E-state index in [-0.39, 0.29) is 30.0 Å². The Morgan fingerprint density at radius 3 is 2.55 bits per heavy atom. The molecule has 1 aliphatic carbocycles. The van der Waals surface area contributed by atoms with E-state index in [2.05, 4.69) is 30.9 Å². The molecule has 49 heavy (non-hydrogen) atoms. The van der Waals surface area contributed by atoms with E-state index in [1.807, 2.05) is 67.8 Å². The standard InChI is InChI=1S/C35H37Cl2N9O3/c1-35(2,3)29(38)17-30(40-21-18-39-45(19-21)15-16-47)42-34(48)41-27-12-13-28(24-8-5-4-7-23(24)27)49-22-11-14-31-43-44-33(46(31)20-22)32-25(36)9-6-10-26(32)37/h4-11,14,17-20,27-28,47H,12-13,15-16,38H2,1-3H3,(H2,40,41,42,48)/t27-,28?/m0/s1. The number of hydrogen-bond donors (Lipinski definition) is 4. The number of aliphatic imine (C=N–C) groups is 1. The number of aliphatic hydroxyl groups is 1. The van der Waals surface area contributed by atoms with Gasteiger partial charge in [-0.2, -0.15) is 5.10 Å². The van der Waals surface area contributed by atoms with E-state index < -0.39 is 6.03 Å². The lowest BCUT2D eigenvalue weighted by Crippen LogP contribution is -2.42. The molecule has 3 aromatic heterocycles. The van der Waals surface area contributed by atoms with Crippen molar-refractivity contribution in [2.75, 3.05) is 6.61 Å². The summed E-state index contributed by atoms with van der Waals surface area (Å²) in [5.74, 6) is 1.39. The highest BCUT2D eigenvalue weighted by atomic mass is 35.5. The SMILES string of the molecule is CC(C)(C)C(N)=CC(=Nc1cnn(CCO)c1)NC(=O)N[C@H]1CCC(Oc2ccc3nnc(-c4c(Cl)cccc4Cl)n3c2)c2ccccc21. The molecule has 0 radical (unpaired) electrons. The van der Waals surface area contributed by atoms with Crippen LogP contribution in [0.1, 0.15) is 56.9 Å². The van der Waals surface area contributed by atoms with Crippen LogP contribution in [0.2, 0.25) is 10.0 Å². The molecular formula is C35H37Cl2N9O3. The molecule has 0 saturated heterocycles. The van der Waals surface area contributed by atoms with Crippen LogP contribution < -0.4 is 21.1 Å². The molecule has 1 aliphatic rings. The number of nitrogens with one attached hydrogen (secondary N) is 2. The van der Waals surface area contributed by atoms with Gasteiger partial charge in [0.25, 0.3) is 0 Å². The second-order valence-electron chi connectivity index (χ2n) is 12.7. The number of fused-ring (bicyclic) bond motifs is 2. The van der Waals surface area contributed by atoms with Gasteiger partial charge in [-0.3, -0.25) is 14.4 Å². The highest BCUT2D eigenvalue weighted by Gasteiger charge is 2.30. The second-order valence-corrected chi connectivity index (χ2v) is 13.5. The molecule has 5 aromatic rings. The van der Waals surface area contributed by atoms with Crippen LogP contribution in [-0.4, -0.2) is 48.0 Å². The third kappa shape index (κ3) is 7.72. The third-order valence-electron chi connectivity index (χ3n) is 8.18. The Hall–Kier alpha value is -4.91. The zero-order valence-corrected chi connectivity index (χ0v) is 28.8. The van der Waals surface area contributed by atoms with Crippen LogP contribution in [0.3, 0.4) is 0 Å². The molecular weight excluding hydrogens is 665 g/mol.